The van der Waals surface area contributed by atoms with Crippen molar-refractivity contribution in [2.45, 2.75) is 38.6 Å². The number of hydrogen-bond acceptors (Lipinski definition) is 5. The predicted molar refractivity (Wildman–Crippen MR) is 77.9 cm³/mol. The van der Waals surface area contributed by atoms with Crippen LogP contribution in [0, 0.1) is 5.92 Å². The fraction of sp³-hybridized carbons (Fsp3) is 0.857. The van der Waals surface area contributed by atoms with Crippen molar-refractivity contribution in [1.29, 1.82) is 0 Å². The Labute approximate surface area is 120 Å². The molecule has 2 unspecified atom stereocenters. The number of piperidine rings is 1. The Hall–Kier alpha value is -1.14. The van der Waals surface area contributed by atoms with Crippen molar-refractivity contribution < 1.29 is 4.74 Å². The van der Waals surface area contributed by atoms with Gasteiger partial charge in [0.2, 0.25) is 5.95 Å². The highest BCUT2D eigenvalue weighted by Gasteiger charge is 2.35. The van der Waals surface area contributed by atoms with Crippen LogP contribution in [0.25, 0.3) is 0 Å². The van der Waals surface area contributed by atoms with Gasteiger partial charge in [0.15, 0.2) is 0 Å². The Bertz CT molecular complexity index is 407. The van der Waals surface area contributed by atoms with Gasteiger partial charge in [0.05, 0.1) is 0 Å². The Balaban J connectivity index is 1.52. The summed E-state index contributed by atoms with van der Waals surface area (Å²) < 4.78 is 5.35. The zero-order valence-corrected chi connectivity index (χ0v) is 12.3. The molecular weight excluding hydrogens is 254 g/mol. The van der Waals surface area contributed by atoms with Gasteiger partial charge >= 0.3 is 0 Å². The van der Waals surface area contributed by atoms with Crippen LogP contribution in [0.3, 0.4) is 0 Å². The third-order valence-corrected chi connectivity index (χ3v) is 4.31. The summed E-state index contributed by atoms with van der Waals surface area (Å²) in [6.07, 6.45) is 4.53. The second kappa shape index (κ2) is 6.54. The van der Waals surface area contributed by atoms with E-state index in [2.05, 4.69) is 25.4 Å². The summed E-state index contributed by atoms with van der Waals surface area (Å²) in [4.78, 5) is 6.94. The minimum Gasteiger partial charge on any atom is -0.382 e. The van der Waals surface area contributed by atoms with E-state index in [1.807, 2.05) is 6.92 Å². The Morgan fingerprint density at radius 2 is 2.35 bits per heavy atom. The number of fused-ring (bicyclic) bond motifs is 1. The number of aromatic amines is 1. The zero-order valence-electron chi connectivity index (χ0n) is 12.3. The number of nitrogens with zero attached hydrogens (tertiary/aromatic N) is 3. The summed E-state index contributed by atoms with van der Waals surface area (Å²) in [6.45, 7) is 6.89. The average Bonchev–Trinajstić information content (AvgIpc) is 3.09. The highest BCUT2D eigenvalue weighted by molar-refractivity contribution is 5.32. The molecule has 0 amide bonds. The highest BCUT2D eigenvalue weighted by atomic mass is 16.5. The number of aromatic nitrogens is 3. The maximum Gasteiger partial charge on any atom is 0.244 e. The van der Waals surface area contributed by atoms with E-state index in [-0.39, 0.29) is 0 Å². The van der Waals surface area contributed by atoms with E-state index in [1.54, 1.807) is 0 Å². The number of hydrogen-bond donors (Lipinski definition) is 2. The van der Waals surface area contributed by atoms with Crippen LogP contribution in [-0.2, 0) is 11.2 Å². The van der Waals surface area contributed by atoms with Gasteiger partial charge < -0.3 is 15.0 Å². The SMILES string of the molecule is CCOCCCc1nc(N2CC3CCCNC3C2)n[nH]1. The molecule has 0 radical (unpaired) electrons. The number of nitrogens with one attached hydrogen (secondary N) is 2. The van der Waals surface area contributed by atoms with Crippen molar-refractivity contribution in [3.05, 3.63) is 5.82 Å². The number of ether oxygens (including phenoxy) is 1. The number of H-pyrrole nitrogens is 1. The van der Waals surface area contributed by atoms with Gasteiger partial charge in [-0.1, -0.05) is 0 Å². The fourth-order valence-corrected chi connectivity index (χ4v) is 3.23. The highest BCUT2D eigenvalue weighted by Crippen LogP contribution is 2.27. The van der Waals surface area contributed by atoms with Crippen LogP contribution in [0.5, 0.6) is 0 Å². The quantitative estimate of drug-likeness (QED) is 0.759. The first-order valence-electron chi connectivity index (χ1n) is 7.84. The second-order valence-electron chi connectivity index (χ2n) is 5.75. The van der Waals surface area contributed by atoms with Gasteiger partial charge in [0.1, 0.15) is 5.82 Å². The van der Waals surface area contributed by atoms with Crippen molar-refractivity contribution >= 4 is 5.95 Å². The van der Waals surface area contributed by atoms with E-state index >= 15 is 0 Å². The Morgan fingerprint density at radius 3 is 3.20 bits per heavy atom. The predicted octanol–water partition coefficient (Wildman–Crippen LogP) is 0.962. The monoisotopic (exact) mass is 279 g/mol. The molecular formula is C14H25N5O. The Kier molecular flexibility index (Phi) is 4.52. The molecule has 0 bridgehead atoms. The van der Waals surface area contributed by atoms with Crippen molar-refractivity contribution in [3.63, 3.8) is 0 Å². The number of aryl methyl sites for hydroxylation is 1. The van der Waals surface area contributed by atoms with E-state index in [0.717, 1.165) is 63.4 Å². The van der Waals surface area contributed by atoms with Gasteiger partial charge in [-0.15, -0.1) is 5.10 Å². The standard InChI is InChI=1S/C14H25N5O/c1-2-20-8-4-6-13-16-14(18-17-13)19-9-11-5-3-7-15-12(11)10-19/h11-12,15H,2-10H2,1H3,(H,16,17,18). The van der Waals surface area contributed by atoms with Crippen LogP contribution in [0.4, 0.5) is 5.95 Å². The molecule has 2 atom stereocenters. The average molecular weight is 279 g/mol. The van der Waals surface area contributed by atoms with Crippen LogP contribution in [0.2, 0.25) is 0 Å². The molecule has 2 saturated heterocycles. The lowest BCUT2D eigenvalue weighted by molar-refractivity contribution is 0.145. The summed E-state index contributed by atoms with van der Waals surface area (Å²) in [5, 5.41) is 11.1. The lowest BCUT2D eigenvalue weighted by atomic mass is 9.94. The molecule has 0 aliphatic carbocycles. The van der Waals surface area contributed by atoms with Crippen molar-refractivity contribution in [3.8, 4) is 0 Å². The minimum atomic E-state index is 0.628. The fourth-order valence-electron chi connectivity index (χ4n) is 3.23. The van der Waals surface area contributed by atoms with E-state index in [4.69, 9.17) is 4.74 Å². The smallest absolute Gasteiger partial charge is 0.244 e. The van der Waals surface area contributed by atoms with Crippen molar-refractivity contribution in [1.82, 2.24) is 20.5 Å². The van der Waals surface area contributed by atoms with Crippen molar-refractivity contribution in [2.24, 2.45) is 5.92 Å². The molecule has 0 spiro atoms. The van der Waals surface area contributed by atoms with Gasteiger partial charge in [-0.2, -0.15) is 4.98 Å². The first-order valence-corrected chi connectivity index (χ1v) is 7.84. The summed E-state index contributed by atoms with van der Waals surface area (Å²) in [5.74, 6) is 2.61. The summed E-state index contributed by atoms with van der Waals surface area (Å²) in [5.41, 5.74) is 0. The maximum absolute atomic E-state index is 5.35. The lowest BCUT2D eigenvalue weighted by Gasteiger charge is -2.24. The molecule has 2 aliphatic rings. The molecule has 112 valence electrons. The van der Waals surface area contributed by atoms with Gasteiger partial charge in [-0.25, -0.2) is 0 Å². The van der Waals surface area contributed by atoms with Gasteiger partial charge in [-0.05, 0) is 38.6 Å². The second-order valence-corrected chi connectivity index (χ2v) is 5.75. The molecule has 3 heterocycles. The lowest BCUT2D eigenvalue weighted by Crippen LogP contribution is -2.40. The van der Waals surface area contributed by atoms with Crippen LogP contribution in [0.15, 0.2) is 0 Å². The summed E-state index contributed by atoms with van der Waals surface area (Å²) in [7, 11) is 0. The Morgan fingerprint density at radius 1 is 1.40 bits per heavy atom. The molecule has 2 N–H and O–H groups in total. The molecule has 6 heteroatoms. The van der Waals surface area contributed by atoms with E-state index in [1.165, 1.54) is 12.8 Å². The van der Waals surface area contributed by atoms with Crippen LogP contribution < -0.4 is 10.2 Å². The molecule has 2 aliphatic heterocycles. The van der Waals surface area contributed by atoms with E-state index < -0.39 is 0 Å². The molecule has 0 saturated carbocycles. The van der Waals surface area contributed by atoms with E-state index in [0.29, 0.717) is 6.04 Å². The van der Waals surface area contributed by atoms with Gasteiger partial charge in [0.25, 0.3) is 0 Å². The van der Waals surface area contributed by atoms with Gasteiger partial charge in [-0.3, -0.25) is 5.10 Å². The topological polar surface area (TPSA) is 66.1 Å². The minimum absolute atomic E-state index is 0.628. The van der Waals surface area contributed by atoms with Crippen LogP contribution >= 0.6 is 0 Å². The number of rotatable bonds is 6. The van der Waals surface area contributed by atoms with Crippen LogP contribution in [-0.4, -0.2) is 54.1 Å². The first-order chi connectivity index (χ1) is 9.86. The molecule has 0 aromatic carbocycles. The molecule has 20 heavy (non-hydrogen) atoms. The van der Waals surface area contributed by atoms with Gasteiger partial charge in [0, 0.05) is 38.8 Å². The zero-order chi connectivity index (χ0) is 13.8. The summed E-state index contributed by atoms with van der Waals surface area (Å²) >= 11 is 0. The molecule has 6 nitrogen and oxygen atoms in total. The maximum atomic E-state index is 5.35. The largest absolute Gasteiger partial charge is 0.382 e. The molecule has 1 aromatic rings. The third-order valence-electron chi connectivity index (χ3n) is 4.31. The molecule has 3 rings (SSSR count). The van der Waals surface area contributed by atoms with E-state index in [9.17, 15) is 0 Å². The third kappa shape index (κ3) is 3.12. The molecule has 1 aromatic heterocycles. The van der Waals surface area contributed by atoms with Crippen molar-refractivity contribution in [2.75, 3.05) is 37.7 Å². The summed E-state index contributed by atoms with van der Waals surface area (Å²) in [6, 6.07) is 0.628. The van der Waals surface area contributed by atoms with Crippen LogP contribution in [0.1, 0.15) is 32.0 Å². The molecule has 2 fully saturated rings. The number of anilines is 1. The first kappa shape index (κ1) is 13.8. The normalized spacial score (nSPS) is 25.9.